The topological polar surface area (TPSA) is 63.4 Å². The summed E-state index contributed by atoms with van der Waals surface area (Å²) in [5, 5.41) is 0. The number of nitrogens with zero attached hydrogens (tertiary/aromatic N) is 1. The average molecular weight is 276 g/mol. The van der Waals surface area contributed by atoms with Crippen molar-refractivity contribution in [2.75, 3.05) is 0 Å². The smallest absolute Gasteiger partial charge is 0.261 e. The molecule has 0 aliphatic carbocycles. The highest BCUT2D eigenvalue weighted by Crippen LogP contribution is 2.23. The lowest BCUT2D eigenvalue weighted by molar-refractivity contribution is -0.129. The molecule has 0 bridgehead atoms. The Morgan fingerprint density at radius 2 is 2.11 bits per heavy atom. The summed E-state index contributed by atoms with van der Waals surface area (Å²) in [7, 11) is 0. The van der Waals surface area contributed by atoms with Gasteiger partial charge >= 0.3 is 0 Å². The highest BCUT2D eigenvalue weighted by molar-refractivity contribution is 7.80. The monoisotopic (exact) mass is 276 g/mol. The maximum Gasteiger partial charge on any atom is 0.261 e. The molecule has 1 aromatic carbocycles. The summed E-state index contributed by atoms with van der Waals surface area (Å²) in [4.78, 5) is 26.0. The first-order valence-corrected chi connectivity index (χ1v) is 6.70. The Morgan fingerprint density at radius 1 is 1.42 bits per heavy atom. The van der Waals surface area contributed by atoms with Crippen molar-refractivity contribution in [3.05, 3.63) is 35.4 Å². The number of benzene rings is 1. The van der Waals surface area contributed by atoms with Crippen molar-refractivity contribution in [3.8, 4) is 0 Å². The molecule has 1 aromatic rings. The molecule has 5 heteroatoms. The maximum absolute atomic E-state index is 12.4. The summed E-state index contributed by atoms with van der Waals surface area (Å²) >= 11 is 5.00. The number of thiocarbonyl (C=S) groups is 1. The fraction of sp³-hybridized carbons (Fsp3) is 0.357. The fourth-order valence-electron chi connectivity index (χ4n) is 2.36. The summed E-state index contributed by atoms with van der Waals surface area (Å²) in [5.41, 5.74) is 7.02. The van der Waals surface area contributed by atoms with Gasteiger partial charge in [0.15, 0.2) is 0 Å². The molecule has 100 valence electrons. The number of imide groups is 1. The molecule has 0 radical (unpaired) electrons. The van der Waals surface area contributed by atoms with Gasteiger partial charge in [-0.3, -0.25) is 14.5 Å². The molecule has 1 aliphatic heterocycles. The van der Waals surface area contributed by atoms with E-state index in [4.69, 9.17) is 18.0 Å². The zero-order valence-corrected chi connectivity index (χ0v) is 11.6. The van der Waals surface area contributed by atoms with Gasteiger partial charge in [-0.2, -0.15) is 0 Å². The van der Waals surface area contributed by atoms with Crippen molar-refractivity contribution in [3.63, 3.8) is 0 Å². The minimum absolute atomic E-state index is 0.197. The molecular formula is C14H16N2O2S. The Balaban J connectivity index is 2.40. The van der Waals surface area contributed by atoms with Crippen LogP contribution in [0.4, 0.5) is 0 Å². The molecule has 4 nitrogen and oxygen atoms in total. The average Bonchev–Trinajstić information content (AvgIpc) is 2.37. The quantitative estimate of drug-likeness (QED) is 0.671. The van der Waals surface area contributed by atoms with Crippen LogP contribution in [-0.4, -0.2) is 27.7 Å². The van der Waals surface area contributed by atoms with Crippen molar-refractivity contribution in [2.45, 2.75) is 32.2 Å². The third-order valence-electron chi connectivity index (χ3n) is 3.28. The highest BCUT2D eigenvalue weighted by Gasteiger charge is 2.36. The van der Waals surface area contributed by atoms with E-state index in [1.807, 2.05) is 13.0 Å². The molecule has 2 amide bonds. The van der Waals surface area contributed by atoms with Crippen LogP contribution in [0.15, 0.2) is 24.3 Å². The zero-order valence-electron chi connectivity index (χ0n) is 10.8. The van der Waals surface area contributed by atoms with Crippen LogP contribution < -0.4 is 5.73 Å². The van der Waals surface area contributed by atoms with Crippen LogP contribution in [0.2, 0.25) is 0 Å². The lowest BCUT2D eigenvalue weighted by Crippen LogP contribution is -2.53. The molecule has 0 saturated heterocycles. The van der Waals surface area contributed by atoms with Crippen molar-refractivity contribution >= 4 is 29.0 Å². The second-order valence-electron chi connectivity index (χ2n) is 4.61. The van der Waals surface area contributed by atoms with E-state index >= 15 is 0 Å². The highest BCUT2D eigenvalue weighted by atomic mass is 32.1. The molecule has 1 heterocycles. The number of nitrogens with two attached hydrogens (primary N) is 1. The molecule has 2 N–H and O–H groups in total. The molecule has 2 rings (SSSR count). The van der Waals surface area contributed by atoms with E-state index in [1.165, 1.54) is 4.90 Å². The number of hydrogen-bond acceptors (Lipinski definition) is 3. The van der Waals surface area contributed by atoms with E-state index in [9.17, 15) is 9.59 Å². The standard InChI is InChI=1S/C14H16N2O2S/c1-2-5-11(13(15)19)16-12(17)8-9-6-3-4-7-10(9)14(16)18/h3-4,6-7,11H,2,5,8H2,1H3,(H2,15,19). The summed E-state index contributed by atoms with van der Waals surface area (Å²) in [5.74, 6) is -0.520. The lowest BCUT2D eigenvalue weighted by Gasteiger charge is -2.33. The van der Waals surface area contributed by atoms with Crippen molar-refractivity contribution in [2.24, 2.45) is 5.73 Å². The SMILES string of the molecule is CCCC(C(N)=S)N1C(=O)Cc2ccccc2C1=O. The molecule has 1 atom stereocenters. The molecular weight excluding hydrogens is 260 g/mol. The Bertz CT molecular complexity index is 542. The summed E-state index contributed by atoms with van der Waals surface area (Å²) in [6, 6.07) is 6.68. The second-order valence-corrected chi connectivity index (χ2v) is 5.08. The van der Waals surface area contributed by atoms with E-state index in [0.29, 0.717) is 12.0 Å². The molecule has 1 unspecified atom stereocenters. The van der Waals surface area contributed by atoms with Crippen LogP contribution >= 0.6 is 12.2 Å². The zero-order chi connectivity index (χ0) is 14.0. The van der Waals surface area contributed by atoms with E-state index in [2.05, 4.69) is 0 Å². The maximum atomic E-state index is 12.4. The number of carbonyl (C=O) groups excluding carboxylic acids is 2. The Hall–Kier alpha value is -1.75. The van der Waals surface area contributed by atoms with Crippen LogP contribution in [-0.2, 0) is 11.2 Å². The van der Waals surface area contributed by atoms with Gasteiger partial charge in [0.1, 0.15) is 0 Å². The third-order valence-corrected chi connectivity index (χ3v) is 3.55. The summed E-state index contributed by atoms with van der Waals surface area (Å²) in [6.45, 7) is 1.97. The Morgan fingerprint density at radius 3 is 2.74 bits per heavy atom. The summed E-state index contributed by atoms with van der Waals surface area (Å²) < 4.78 is 0. The van der Waals surface area contributed by atoms with Gasteiger partial charge in [0.05, 0.1) is 17.5 Å². The van der Waals surface area contributed by atoms with Gasteiger partial charge in [0.2, 0.25) is 5.91 Å². The molecule has 0 aromatic heterocycles. The minimum Gasteiger partial charge on any atom is -0.392 e. The predicted molar refractivity (Wildman–Crippen MR) is 76.8 cm³/mol. The normalized spacial score (nSPS) is 16.2. The first-order chi connectivity index (χ1) is 9.06. The van der Waals surface area contributed by atoms with Gasteiger partial charge < -0.3 is 5.73 Å². The van der Waals surface area contributed by atoms with Crippen molar-refractivity contribution < 1.29 is 9.59 Å². The van der Waals surface area contributed by atoms with Gasteiger partial charge in [-0.1, -0.05) is 43.8 Å². The Labute approximate surface area is 117 Å². The molecule has 0 spiro atoms. The van der Waals surface area contributed by atoms with Crippen molar-refractivity contribution in [1.29, 1.82) is 0 Å². The first kappa shape index (κ1) is 13.7. The van der Waals surface area contributed by atoms with Crippen LogP contribution in [0.25, 0.3) is 0 Å². The van der Waals surface area contributed by atoms with Gasteiger partial charge in [0, 0.05) is 5.56 Å². The largest absolute Gasteiger partial charge is 0.392 e. The van der Waals surface area contributed by atoms with E-state index < -0.39 is 6.04 Å². The molecule has 0 fully saturated rings. The minimum atomic E-state index is -0.478. The van der Waals surface area contributed by atoms with Crippen LogP contribution in [0.5, 0.6) is 0 Å². The van der Waals surface area contributed by atoms with E-state index in [0.717, 1.165) is 12.0 Å². The number of rotatable bonds is 4. The predicted octanol–water partition coefficient (Wildman–Crippen LogP) is 1.67. The molecule has 1 aliphatic rings. The number of carbonyl (C=O) groups is 2. The molecule has 0 saturated carbocycles. The Kier molecular flexibility index (Phi) is 3.95. The van der Waals surface area contributed by atoms with Crippen molar-refractivity contribution in [1.82, 2.24) is 4.90 Å². The van der Waals surface area contributed by atoms with E-state index in [-0.39, 0.29) is 23.2 Å². The number of fused-ring (bicyclic) bond motifs is 1. The van der Waals surface area contributed by atoms with Crippen LogP contribution in [0.3, 0.4) is 0 Å². The number of amides is 2. The van der Waals surface area contributed by atoms with Gasteiger partial charge in [-0.15, -0.1) is 0 Å². The lowest BCUT2D eigenvalue weighted by atomic mass is 9.96. The first-order valence-electron chi connectivity index (χ1n) is 6.29. The third kappa shape index (κ3) is 2.51. The van der Waals surface area contributed by atoms with Gasteiger partial charge in [0.25, 0.3) is 5.91 Å². The van der Waals surface area contributed by atoms with Crippen LogP contribution in [0, 0.1) is 0 Å². The van der Waals surface area contributed by atoms with Gasteiger partial charge in [-0.25, -0.2) is 0 Å². The number of hydrogen-bond donors (Lipinski definition) is 1. The van der Waals surface area contributed by atoms with Gasteiger partial charge in [-0.05, 0) is 18.1 Å². The summed E-state index contributed by atoms with van der Waals surface area (Å²) in [6.07, 6.45) is 1.64. The molecule has 19 heavy (non-hydrogen) atoms. The van der Waals surface area contributed by atoms with Crippen LogP contribution in [0.1, 0.15) is 35.7 Å². The van der Waals surface area contributed by atoms with E-state index in [1.54, 1.807) is 18.2 Å². The second kappa shape index (κ2) is 5.48. The fourth-order valence-corrected chi connectivity index (χ4v) is 2.58.